The normalized spacial score (nSPS) is 12.7. The van der Waals surface area contributed by atoms with Crippen molar-refractivity contribution in [2.75, 3.05) is 6.66 Å². The molecule has 1 atom stereocenters. The molecule has 0 aliphatic carbocycles. The number of benzene rings is 1. The molecular formula is C14H21P. The Balaban J connectivity index is 3.07. The minimum Gasteiger partial charge on any atom is -0.0933 e. The molecule has 15 heavy (non-hydrogen) atoms. The first-order valence-corrected chi connectivity index (χ1v) is 7.15. The molecule has 1 aromatic carbocycles. The van der Waals surface area contributed by atoms with Crippen LogP contribution in [-0.2, 0) is 0 Å². The molecule has 0 aliphatic heterocycles. The van der Waals surface area contributed by atoms with Gasteiger partial charge >= 0.3 is 0 Å². The van der Waals surface area contributed by atoms with Gasteiger partial charge in [-0.3, -0.25) is 0 Å². The molecular weight excluding hydrogens is 199 g/mol. The minimum atomic E-state index is 0.890. The van der Waals surface area contributed by atoms with Crippen LogP contribution in [0.2, 0.25) is 0 Å². The van der Waals surface area contributed by atoms with E-state index in [1.165, 1.54) is 34.8 Å². The van der Waals surface area contributed by atoms with Gasteiger partial charge in [-0.2, -0.15) is 0 Å². The van der Waals surface area contributed by atoms with E-state index in [4.69, 9.17) is 0 Å². The summed E-state index contributed by atoms with van der Waals surface area (Å²) >= 11 is 0. The van der Waals surface area contributed by atoms with E-state index in [-0.39, 0.29) is 0 Å². The highest BCUT2D eigenvalue weighted by Gasteiger charge is 2.04. The van der Waals surface area contributed by atoms with E-state index in [1.54, 1.807) is 0 Å². The lowest BCUT2D eigenvalue weighted by Crippen LogP contribution is -1.88. The highest BCUT2D eigenvalue weighted by molar-refractivity contribution is 7.49. The monoisotopic (exact) mass is 220 g/mol. The Kier molecular flexibility index (Phi) is 5.05. The molecule has 0 nitrogen and oxygen atoms in total. The Hall–Kier alpha value is -0.610. The van der Waals surface area contributed by atoms with E-state index in [2.05, 4.69) is 51.7 Å². The zero-order valence-corrected chi connectivity index (χ0v) is 11.2. The third-order valence-electron chi connectivity index (χ3n) is 2.80. The number of unbranched alkanes of at least 4 members (excludes halogenated alkanes) is 1. The van der Waals surface area contributed by atoms with Crippen LogP contribution < -0.4 is 0 Å². The molecule has 0 saturated heterocycles. The summed E-state index contributed by atoms with van der Waals surface area (Å²) < 4.78 is 0. The van der Waals surface area contributed by atoms with Crippen molar-refractivity contribution in [2.24, 2.45) is 0 Å². The minimum absolute atomic E-state index is 0.890. The van der Waals surface area contributed by atoms with E-state index in [1.807, 2.05) is 0 Å². The van der Waals surface area contributed by atoms with Crippen LogP contribution in [0.3, 0.4) is 0 Å². The first kappa shape index (κ1) is 12.5. The molecule has 0 N–H and O–H groups in total. The maximum atomic E-state index is 2.40. The Labute approximate surface area is 95.6 Å². The van der Waals surface area contributed by atoms with Gasteiger partial charge < -0.3 is 0 Å². The smallest absolute Gasteiger partial charge is 0.0154 e. The summed E-state index contributed by atoms with van der Waals surface area (Å²) in [6.45, 7) is 8.92. The van der Waals surface area contributed by atoms with Gasteiger partial charge in [-0.25, -0.2) is 0 Å². The molecule has 0 radical (unpaired) electrons. The van der Waals surface area contributed by atoms with E-state index in [9.17, 15) is 0 Å². The summed E-state index contributed by atoms with van der Waals surface area (Å²) in [5.41, 5.74) is 4.28. The molecule has 0 heterocycles. The van der Waals surface area contributed by atoms with Crippen molar-refractivity contribution >= 4 is 13.9 Å². The molecule has 0 aromatic heterocycles. The molecule has 0 amide bonds. The van der Waals surface area contributed by atoms with Gasteiger partial charge in [0.15, 0.2) is 0 Å². The third-order valence-corrected chi connectivity index (χ3v) is 3.81. The second-order valence-electron chi connectivity index (χ2n) is 3.90. The Morgan fingerprint density at radius 1 is 1.33 bits per heavy atom. The first-order chi connectivity index (χ1) is 7.20. The van der Waals surface area contributed by atoms with Gasteiger partial charge in [-0.15, -0.1) is 0 Å². The molecule has 0 spiro atoms. The van der Waals surface area contributed by atoms with Crippen LogP contribution in [-0.4, -0.2) is 6.66 Å². The van der Waals surface area contributed by atoms with Crippen molar-refractivity contribution < 1.29 is 0 Å². The molecule has 0 bridgehead atoms. The van der Waals surface area contributed by atoms with Crippen molar-refractivity contribution in [1.29, 1.82) is 0 Å². The predicted molar refractivity (Wildman–Crippen MR) is 73.0 cm³/mol. The summed E-state index contributed by atoms with van der Waals surface area (Å²) in [4.78, 5) is 0. The van der Waals surface area contributed by atoms with Crippen LogP contribution >= 0.6 is 8.58 Å². The fraction of sp³-hybridized carbons (Fsp3) is 0.429. The molecule has 0 saturated carbocycles. The second-order valence-corrected chi connectivity index (χ2v) is 4.94. The topological polar surface area (TPSA) is 0 Å². The van der Waals surface area contributed by atoms with Crippen LogP contribution in [0.15, 0.2) is 24.3 Å². The quantitative estimate of drug-likeness (QED) is 0.642. The maximum Gasteiger partial charge on any atom is -0.0154 e. The van der Waals surface area contributed by atoms with Gasteiger partial charge in [0.05, 0.1) is 0 Å². The lowest BCUT2D eigenvalue weighted by molar-refractivity contribution is 0.961. The largest absolute Gasteiger partial charge is 0.0933 e. The molecule has 1 aromatic rings. The van der Waals surface area contributed by atoms with Crippen molar-refractivity contribution in [3.05, 3.63) is 41.0 Å². The fourth-order valence-electron chi connectivity index (χ4n) is 1.68. The number of hydrogen-bond donors (Lipinski definition) is 0. The highest BCUT2D eigenvalue weighted by Crippen LogP contribution is 2.33. The average molecular weight is 220 g/mol. The highest BCUT2D eigenvalue weighted by atomic mass is 31.1. The molecule has 1 heteroatoms. The standard InChI is InChI=1S/C14H21P/c1-5-6-10-14(15-4)13-9-7-8-11(2)12(13)3/h7-10,15H,5-6H2,1-4H3/b14-10-. The zero-order valence-electron chi connectivity index (χ0n) is 10.2. The van der Waals surface area contributed by atoms with Gasteiger partial charge in [0, 0.05) is 0 Å². The number of hydrogen-bond acceptors (Lipinski definition) is 0. The summed E-state index contributed by atoms with van der Waals surface area (Å²) in [5, 5.41) is 1.53. The summed E-state index contributed by atoms with van der Waals surface area (Å²) in [5.74, 6) is 0. The molecule has 1 unspecified atom stereocenters. The number of allylic oxidation sites excluding steroid dienone is 1. The maximum absolute atomic E-state index is 2.40. The Morgan fingerprint density at radius 3 is 2.67 bits per heavy atom. The number of rotatable bonds is 4. The first-order valence-electron chi connectivity index (χ1n) is 5.65. The lowest BCUT2D eigenvalue weighted by Gasteiger charge is -2.11. The summed E-state index contributed by atoms with van der Waals surface area (Å²) in [6.07, 6.45) is 4.84. The number of aryl methyl sites for hydroxylation is 1. The predicted octanol–water partition coefficient (Wildman–Crippen LogP) is 4.75. The van der Waals surface area contributed by atoms with Gasteiger partial charge in [0.25, 0.3) is 0 Å². The van der Waals surface area contributed by atoms with E-state index < -0.39 is 0 Å². The molecule has 0 fully saturated rings. The SMILES string of the molecule is CCC/C=C(\PC)c1cccc(C)c1C. The zero-order chi connectivity index (χ0) is 11.3. The average Bonchev–Trinajstić information content (AvgIpc) is 2.25. The van der Waals surface area contributed by atoms with Crippen molar-refractivity contribution in [3.8, 4) is 0 Å². The van der Waals surface area contributed by atoms with Crippen molar-refractivity contribution in [1.82, 2.24) is 0 Å². The fourth-order valence-corrected chi connectivity index (χ4v) is 2.57. The molecule has 82 valence electrons. The van der Waals surface area contributed by atoms with E-state index in [0.717, 1.165) is 8.58 Å². The summed E-state index contributed by atoms with van der Waals surface area (Å²) in [7, 11) is 0.890. The van der Waals surface area contributed by atoms with E-state index in [0.29, 0.717) is 0 Å². The Bertz CT molecular complexity index is 350. The second kappa shape index (κ2) is 6.08. The van der Waals surface area contributed by atoms with Crippen LogP contribution in [0.5, 0.6) is 0 Å². The summed E-state index contributed by atoms with van der Waals surface area (Å²) in [6, 6.07) is 6.60. The lowest BCUT2D eigenvalue weighted by atomic mass is 10.0. The Morgan fingerprint density at radius 2 is 2.07 bits per heavy atom. The molecule has 0 aliphatic rings. The van der Waals surface area contributed by atoms with Crippen molar-refractivity contribution in [3.63, 3.8) is 0 Å². The van der Waals surface area contributed by atoms with Crippen molar-refractivity contribution in [2.45, 2.75) is 33.6 Å². The van der Waals surface area contributed by atoms with Gasteiger partial charge in [0.2, 0.25) is 0 Å². The van der Waals surface area contributed by atoms with Gasteiger partial charge in [-0.05, 0) is 48.9 Å². The van der Waals surface area contributed by atoms with Gasteiger partial charge in [-0.1, -0.05) is 46.2 Å². The van der Waals surface area contributed by atoms with Crippen LogP contribution in [0.25, 0.3) is 5.31 Å². The van der Waals surface area contributed by atoms with Crippen LogP contribution in [0, 0.1) is 13.8 Å². The van der Waals surface area contributed by atoms with Gasteiger partial charge in [0.1, 0.15) is 0 Å². The van der Waals surface area contributed by atoms with Crippen LogP contribution in [0.4, 0.5) is 0 Å². The van der Waals surface area contributed by atoms with E-state index >= 15 is 0 Å². The molecule has 1 rings (SSSR count). The third kappa shape index (κ3) is 3.18. The van der Waals surface area contributed by atoms with Crippen LogP contribution in [0.1, 0.15) is 36.5 Å².